The molecular formula is C13H16BrFN4. The topological polar surface area (TPSA) is 55.9 Å². The normalized spacial score (nSPS) is 11.1. The fourth-order valence-electron chi connectivity index (χ4n) is 1.78. The molecule has 0 spiro atoms. The first kappa shape index (κ1) is 13.9. The van der Waals surface area contributed by atoms with Crippen LogP contribution >= 0.6 is 15.9 Å². The van der Waals surface area contributed by atoms with E-state index in [4.69, 9.17) is 5.73 Å². The highest BCUT2D eigenvalue weighted by Gasteiger charge is 2.16. The van der Waals surface area contributed by atoms with Crippen molar-refractivity contribution in [3.05, 3.63) is 34.2 Å². The van der Waals surface area contributed by atoms with Gasteiger partial charge in [-0.3, -0.25) is 0 Å². The van der Waals surface area contributed by atoms with Crippen LogP contribution in [-0.4, -0.2) is 9.78 Å². The lowest BCUT2D eigenvalue weighted by molar-refractivity contribution is 0.536. The molecule has 4 nitrogen and oxygen atoms in total. The maximum atomic E-state index is 13.3. The monoisotopic (exact) mass is 326 g/mol. The maximum absolute atomic E-state index is 13.3. The Labute approximate surface area is 119 Å². The van der Waals surface area contributed by atoms with E-state index in [1.54, 1.807) is 10.7 Å². The van der Waals surface area contributed by atoms with Gasteiger partial charge in [0.15, 0.2) is 5.82 Å². The molecule has 102 valence electrons. The second kappa shape index (κ2) is 5.21. The summed E-state index contributed by atoms with van der Waals surface area (Å²) in [5.74, 6) is 0.371. The summed E-state index contributed by atoms with van der Waals surface area (Å²) in [6.07, 6.45) is 0. The summed E-state index contributed by atoms with van der Waals surface area (Å²) in [7, 11) is 0. The van der Waals surface area contributed by atoms with Gasteiger partial charge in [0.05, 0.1) is 17.1 Å². The number of nitrogens with two attached hydrogens (primary N) is 1. The third kappa shape index (κ3) is 2.73. The van der Waals surface area contributed by atoms with Crippen molar-refractivity contribution in [1.82, 2.24) is 9.78 Å². The lowest BCUT2D eigenvalue weighted by atomic mass is 10.3. The molecule has 3 N–H and O–H groups in total. The summed E-state index contributed by atoms with van der Waals surface area (Å²) in [5, 5.41) is 7.52. The molecule has 0 saturated heterocycles. The third-order valence-electron chi connectivity index (χ3n) is 2.80. The number of anilines is 3. The molecule has 1 aromatic carbocycles. The largest absolute Gasteiger partial charge is 0.394 e. The van der Waals surface area contributed by atoms with Gasteiger partial charge in [0.25, 0.3) is 0 Å². The first-order valence-electron chi connectivity index (χ1n) is 5.96. The van der Waals surface area contributed by atoms with Crippen molar-refractivity contribution in [1.29, 1.82) is 0 Å². The minimum absolute atomic E-state index is 0.158. The number of hydrogen-bond acceptors (Lipinski definition) is 3. The smallest absolute Gasteiger partial charge is 0.152 e. The summed E-state index contributed by atoms with van der Waals surface area (Å²) in [5.41, 5.74) is 7.97. The van der Waals surface area contributed by atoms with Crippen molar-refractivity contribution in [3.63, 3.8) is 0 Å². The third-order valence-corrected chi connectivity index (χ3v) is 3.49. The Bertz CT molecular complexity index is 607. The zero-order valence-corrected chi connectivity index (χ0v) is 12.6. The number of halogens is 2. The van der Waals surface area contributed by atoms with Gasteiger partial charge in [-0.1, -0.05) is 0 Å². The number of aromatic nitrogens is 2. The SMILES string of the molecule is Cc1nn(C(C)C)c(Nc2cc(F)ccc2Br)c1N. The lowest BCUT2D eigenvalue weighted by Gasteiger charge is -2.14. The number of aryl methyl sites for hydroxylation is 1. The van der Waals surface area contributed by atoms with Gasteiger partial charge in [-0.15, -0.1) is 0 Å². The van der Waals surface area contributed by atoms with Crippen LogP contribution in [0.15, 0.2) is 22.7 Å². The van der Waals surface area contributed by atoms with Gasteiger partial charge in [-0.2, -0.15) is 5.10 Å². The van der Waals surface area contributed by atoms with E-state index in [-0.39, 0.29) is 11.9 Å². The highest BCUT2D eigenvalue weighted by atomic mass is 79.9. The fourth-order valence-corrected chi connectivity index (χ4v) is 2.13. The molecule has 2 rings (SSSR count). The molecule has 1 aromatic heterocycles. The van der Waals surface area contributed by atoms with Gasteiger partial charge in [0.1, 0.15) is 5.82 Å². The van der Waals surface area contributed by atoms with Gasteiger partial charge >= 0.3 is 0 Å². The molecule has 0 radical (unpaired) electrons. The van der Waals surface area contributed by atoms with Gasteiger partial charge in [0, 0.05) is 10.5 Å². The van der Waals surface area contributed by atoms with Crippen LogP contribution in [0.25, 0.3) is 0 Å². The Kier molecular flexibility index (Phi) is 3.80. The van der Waals surface area contributed by atoms with Crippen molar-refractivity contribution >= 4 is 33.1 Å². The summed E-state index contributed by atoms with van der Waals surface area (Å²) in [6.45, 7) is 5.87. The molecule has 2 aromatic rings. The number of hydrogen-bond donors (Lipinski definition) is 2. The Morgan fingerprint density at radius 2 is 2.11 bits per heavy atom. The van der Waals surface area contributed by atoms with Crippen molar-refractivity contribution in [2.24, 2.45) is 0 Å². The van der Waals surface area contributed by atoms with Crippen LogP contribution in [0.3, 0.4) is 0 Å². The molecule has 0 aliphatic heterocycles. The highest BCUT2D eigenvalue weighted by molar-refractivity contribution is 9.10. The van der Waals surface area contributed by atoms with Crippen LogP contribution in [0.1, 0.15) is 25.6 Å². The molecule has 0 amide bonds. The quantitative estimate of drug-likeness (QED) is 0.896. The molecule has 0 aliphatic rings. The minimum Gasteiger partial charge on any atom is -0.394 e. The summed E-state index contributed by atoms with van der Waals surface area (Å²) in [6, 6.07) is 4.61. The second-order valence-electron chi connectivity index (χ2n) is 4.64. The van der Waals surface area contributed by atoms with E-state index < -0.39 is 0 Å². The molecule has 0 aliphatic carbocycles. The van der Waals surface area contributed by atoms with Crippen LogP contribution in [-0.2, 0) is 0 Å². The summed E-state index contributed by atoms with van der Waals surface area (Å²) >= 11 is 3.38. The zero-order chi connectivity index (χ0) is 14.2. The highest BCUT2D eigenvalue weighted by Crippen LogP contribution is 2.32. The average molecular weight is 327 g/mol. The summed E-state index contributed by atoms with van der Waals surface area (Å²) in [4.78, 5) is 0. The van der Waals surface area contributed by atoms with E-state index in [0.717, 1.165) is 10.2 Å². The molecule has 0 saturated carbocycles. The van der Waals surface area contributed by atoms with E-state index in [1.807, 2.05) is 20.8 Å². The molecule has 1 heterocycles. The Morgan fingerprint density at radius 1 is 1.42 bits per heavy atom. The van der Waals surface area contributed by atoms with Crippen LogP contribution < -0.4 is 11.1 Å². The fraction of sp³-hybridized carbons (Fsp3) is 0.308. The summed E-state index contributed by atoms with van der Waals surface area (Å²) < 4.78 is 15.9. The Hall–Kier alpha value is -1.56. The van der Waals surface area contributed by atoms with E-state index >= 15 is 0 Å². The number of rotatable bonds is 3. The van der Waals surface area contributed by atoms with Crippen molar-refractivity contribution < 1.29 is 4.39 Å². The Balaban J connectivity index is 2.45. The average Bonchev–Trinajstić information content (AvgIpc) is 2.62. The number of nitrogens with zero attached hydrogens (tertiary/aromatic N) is 2. The molecule has 0 atom stereocenters. The molecule has 0 fully saturated rings. The number of nitrogen functional groups attached to an aromatic ring is 1. The molecule has 0 unspecified atom stereocenters. The van der Waals surface area contributed by atoms with Crippen LogP contribution in [0.4, 0.5) is 21.6 Å². The van der Waals surface area contributed by atoms with Gasteiger partial charge in [0.2, 0.25) is 0 Å². The maximum Gasteiger partial charge on any atom is 0.152 e. The van der Waals surface area contributed by atoms with Crippen LogP contribution in [0.2, 0.25) is 0 Å². The van der Waals surface area contributed by atoms with Crippen molar-refractivity contribution in [3.8, 4) is 0 Å². The van der Waals surface area contributed by atoms with Gasteiger partial charge < -0.3 is 11.1 Å². The van der Waals surface area contributed by atoms with Crippen LogP contribution in [0, 0.1) is 12.7 Å². The lowest BCUT2D eigenvalue weighted by Crippen LogP contribution is -2.08. The van der Waals surface area contributed by atoms with Crippen LogP contribution in [0.5, 0.6) is 0 Å². The van der Waals surface area contributed by atoms with E-state index in [0.29, 0.717) is 17.2 Å². The predicted molar refractivity (Wildman–Crippen MR) is 79.1 cm³/mol. The molecule has 19 heavy (non-hydrogen) atoms. The van der Waals surface area contributed by atoms with Gasteiger partial charge in [-0.25, -0.2) is 9.07 Å². The predicted octanol–water partition coefficient (Wildman–Crippen LogP) is 4.00. The molecular weight excluding hydrogens is 311 g/mol. The van der Waals surface area contributed by atoms with E-state index in [1.165, 1.54) is 12.1 Å². The number of benzene rings is 1. The van der Waals surface area contributed by atoms with Gasteiger partial charge in [-0.05, 0) is 54.9 Å². The molecule has 0 bridgehead atoms. The first-order chi connectivity index (χ1) is 8.90. The van der Waals surface area contributed by atoms with Crippen molar-refractivity contribution in [2.75, 3.05) is 11.1 Å². The standard InChI is InChI=1S/C13H16BrFN4/c1-7(2)19-13(12(16)8(3)18-19)17-11-6-9(15)4-5-10(11)14/h4-7,17H,16H2,1-3H3. The van der Waals surface area contributed by atoms with Crippen molar-refractivity contribution in [2.45, 2.75) is 26.8 Å². The first-order valence-corrected chi connectivity index (χ1v) is 6.76. The zero-order valence-electron chi connectivity index (χ0n) is 11.0. The minimum atomic E-state index is -0.309. The van der Waals surface area contributed by atoms with E-state index in [9.17, 15) is 4.39 Å². The Morgan fingerprint density at radius 3 is 2.74 bits per heavy atom. The second-order valence-corrected chi connectivity index (χ2v) is 5.49. The number of nitrogens with one attached hydrogen (secondary N) is 1. The molecule has 6 heteroatoms. The van der Waals surface area contributed by atoms with E-state index in [2.05, 4.69) is 26.3 Å².